The zero-order valence-electron chi connectivity index (χ0n) is 18.0. The highest BCUT2D eigenvalue weighted by Crippen LogP contribution is 2.27. The molecule has 0 spiro atoms. The van der Waals surface area contributed by atoms with Gasteiger partial charge in [0.1, 0.15) is 5.75 Å². The second kappa shape index (κ2) is 9.89. The van der Waals surface area contributed by atoms with Crippen LogP contribution in [-0.4, -0.2) is 56.5 Å². The van der Waals surface area contributed by atoms with Crippen LogP contribution in [0.2, 0.25) is 0 Å². The molecule has 2 heterocycles. The lowest BCUT2D eigenvalue weighted by Crippen LogP contribution is -2.57. The molecule has 2 aliphatic heterocycles. The number of hydrogen-bond donors (Lipinski definition) is 2. The van der Waals surface area contributed by atoms with Gasteiger partial charge in [-0.15, -0.1) is 12.4 Å². The molecule has 1 unspecified atom stereocenters. The Balaban J connectivity index is 0.00000272. The highest BCUT2D eigenvalue weighted by molar-refractivity contribution is 6.06. The van der Waals surface area contributed by atoms with Gasteiger partial charge in [0, 0.05) is 24.5 Å². The third-order valence-electron chi connectivity index (χ3n) is 5.09. The van der Waals surface area contributed by atoms with Gasteiger partial charge >= 0.3 is 0 Å². The maximum absolute atomic E-state index is 6.14. The van der Waals surface area contributed by atoms with Crippen LogP contribution in [0.5, 0.6) is 5.75 Å². The first-order valence-corrected chi connectivity index (χ1v) is 10.1. The van der Waals surface area contributed by atoms with Gasteiger partial charge in [-0.05, 0) is 61.4 Å². The van der Waals surface area contributed by atoms with E-state index in [2.05, 4.69) is 57.1 Å². The first kappa shape index (κ1) is 22.7. The number of guanidine groups is 2. The number of anilines is 2. The fourth-order valence-corrected chi connectivity index (χ4v) is 3.77. The average Bonchev–Trinajstić information content (AvgIpc) is 2.73. The third-order valence-corrected chi connectivity index (χ3v) is 5.09. The highest BCUT2D eigenvalue weighted by atomic mass is 35.5. The average molecular weight is 445 g/mol. The van der Waals surface area contributed by atoms with Gasteiger partial charge in [-0.2, -0.15) is 4.99 Å². The minimum Gasteiger partial charge on any atom is -0.497 e. The molecule has 2 aliphatic rings. The van der Waals surface area contributed by atoms with E-state index in [0.717, 1.165) is 36.2 Å². The topological polar surface area (TPSA) is 87.7 Å². The summed E-state index contributed by atoms with van der Waals surface area (Å²) in [6.45, 7) is 6.96. The molecule has 3 N–H and O–H groups in total. The van der Waals surface area contributed by atoms with E-state index in [1.807, 2.05) is 24.3 Å². The monoisotopic (exact) mass is 444 g/mol. The van der Waals surface area contributed by atoms with Gasteiger partial charge in [-0.25, -0.2) is 4.99 Å². The molecular weight excluding hydrogens is 416 g/mol. The van der Waals surface area contributed by atoms with Crippen molar-refractivity contribution in [3.8, 4) is 5.75 Å². The molecule has 0 radical (unpaired) electrons. The van der Waals surface area contributed by atoms with Crippen molar-refractivity contribution in [3.05, 3.63) is 53.6 Å². The second-order valence-electron chi connectivity index (χ2n) is 7.46. The molecule has 1 atom stereocenters. The van der Waals surface area contributed by atoms with Crippen molar-refractivity contribution in [3.63, 3.8) is 0 Å². The number of hydrogen-bond acceptors (Lipinski definition) is 8. The Morgan fingerprint density at radius 3 is 2.32 bits per heavy atom. The lowest BCUT2D eigenvalue weighted by molar-refractivity contribution is 0.0671. The summed E-state index contributed by atoms with van der Waals surface area (Å²) in [7, 11) is 1.66. The van der Waals surface area contributed by atoms with Crippen molar-refractivity contribution in [1.82, 2.24) is 4.90 Å². The van der Waals surface area contributed by atoms with Crippen molar-refractivity contribution >= 4 is 35.7 Å². The number of nitrogens with zero attached hydrogens (tertiary/aromatic N) is 4. The van der Waals surface area contributed by atoms with Crippen LogP contribution in [0.25, 0.3) is 0 Å². The number of nitrogens with two attached hydrogens (primary N) is 1. The number of aryl methyl sites for hydroxylation is 2. The summed E-state index contributed by atoms with van der Waals surface area (Å²) in [4.78, 5) is 13.5. The predicted octanol–water partition coefficient (Wildman–Crippen LogP) is 2.95. The van der Waals surface area contributed by atoms with Crippen LogP contribution in [0.4, 0.5) is 11.4 Å². The van der Waals surface area contributed by atoms with E-state index >= 15 is 0 Å². The number of ether oxygens (including phenoxy) is 2. The predicted molar refractivity (Wildman–Crippen MR) is 127 cm³/mol. The number of rotatable bonds is 4. The standard InChI is InChI=1S/C22H28N6O2.ClH/c1-15-12-16(2)14-17(13-15)24-21-25-20(23)26-22(27-8-10-30-11-9-27)28(21)18-4-6-19(29-3)7-5-18;/h4-7,12-14,21,24H,8-11H2,1-3H3,(H2,23,25);1H. The molecule has 0 aliphatic carbocycles. The molecule has 31 heavy (non-hydrogen) atoms. The van der Waals surface area contributed by atoms with E-state index in [9.17, 15) is 0 Å². The summed E-state index contributed by atoms with van der Waals surface area (Å²) in [5.41, 5.74) is 10.4. The van der Waals surface area contributed by atoms with Crippen LogP contribution < -0.4 is 20.7 Å². The molecule has 2 aromatic rings. The molecule has 2 aromatic carbocycles. The van der Waals surface area contributed by atoms with Crippen LogP contribution >= 0.6 is 12.4 Å². The van der Waals surface area contributed by atoms with E-state index in [1.54, 1.807) is 7.11 Å². The summed E-state index contributed by atoms with van der Waals surface area (Å²) in [6.07, 6.45) is -0.435. The van der Waals surface area contributed by atoms with Crippen molar-refractivity contribution in [2.45, 2.75) is 20.1 Å². The Morgan fingerprint density at radius 2 is 1.71 bits per heavy atom. The highest BCUT2D eigenvalue weighted by Gasteiger charge is 2.32. The van der Waals surface area contributed by atoms with Crippen LogP contribution in [0.15, 0.2) is 52.4 Å². The molecule has 0 saturated carbocycles. The van der Waals surface area contributed by atoms with Crippen molar-refractivity contribution in [1.29, 1.82) is 0 Å². The molecule has 0 aromatic heterocycles. The van der Waals surface area contributed by atoms with Gasteiger partial charge in [-0.1, -0.05) is 6.07 Å². The Labute approximate surface area is 189 Å². The molecule has 166 valence electrons. The largest absolute Gasteiger partial charge is 0.497 e. The summed E-state index contributed by atoms with van der Waals surface area (Å²) < 4.78 is 10.9. The first-order valence-electron chi connectivity index (χ1n) is 10.1. The lowest BCUT2D eigenvalue weighted by atomic mass is 10.1. The molecule has 4 rings (SSSR count). The Morgan fingerprint density at radius 1 is 1.06 bits per heavy atom. The molecule has 1 saturated heterocycles. The lowest BCUT2D eigenvalue weighted by Gasteiger charge is -2.41. The number of morpholine rings is 1. The fourth-order valence-electron chi connectivity index (χ4n) is 3.77. The van der Waals surface area contributed by atoms with E-state index in [4.69, 9.17) is 15.2 Å². The van der Waals surface area contributed by atoms with Crippen LogP contribution in [-0.2, 0) is 4.74 Å². The quantitative estimate of drug-likeness (QED) is 0.753. The van der Waals surface area contributed by atoms with Crippen LogP contribution in [0, 0.1) is 13.8 Å². The molecule has 9 heteroatoms. The summed E-state index contributed by atoms with van der Waals surface area (Å²) in [5, 5.41) is 3.53. The minimum atomic E-state index is -0.435. The third kappa shape index (κ3) is 5.21. The molecule has 0 amide bonds. The maximum atomic E-state index is 6.14. The number of benzene rings is 2. The van der Waals surface area contributed by atoms with E-state index in [1.165, 1.54) is 11.1 Å². The van der Waals surface area contributed by atoms with E-state index in [0.29, 0.717) is 13.2 Å². The Bertz CT molecular complexity index is 937. The van der Waals surface area contributed by atoms with E-state index in [-0.39, 0.29) is 18.4 Å². The van der Waals surface area contributed by atoms with Crippen molar-refractivity contribution < 1.29 is 9.47 Å². The van der Waals surface area contributed by atoms with Crippen molar-refractivity contribution in [2.75, 3.05) is 43.6 Å². The number of halogens is 1. The first-order chi connectivity index (χ1) is 14.5. The van der Waals surface area contributed by atoms with Crippen LogP contribution in [0.3, 0.4) is 0 Å². The molecule has 1 fully saturated rings. The summed E-state index contributed by atoms with van der Waals surface area (Å²) >= 11 is 0. The second-order valence-corrected chi connectivity index (χ2v) is 7.46. The molecule has 0 bridgehead atoms. The van der Waals surface area contributed by atoms with Gasteiger partial charge in [-0.3, -0.25) is 4.90 Å². The van der Waals surface area contributed by atoms with E-state index < -0.39 is 6.29 Å². The zero-order chi connectivity index (χ0) is 21.1. The normalized spacial score (nSPS) is 18.6. The smallest absolute Gasteiger partial charge is 0.222 e. The fraction of sp³-hybridized carbons (Fsp3) is 0.364. The minimum absolute atomic E-state index is 0. The molecule has 8 nitrogen and oxygen atoms in total. The maximum Gasteiger partial charge on any atom is 0.222 e. The van der Waals surface area contributed by atoms with Gasteiger partial charge in [0.2, 0.25) is 18.2 Å². The van der Waals surface area contributed by atoms with Crippen molar-refractivity contribution in [2.24, 2.45) is 15.7 Å². The summed E-state index contributed by atoms with van der Waals surface area (Å²) in [5.74, 6) is 1.81. The summed E-state index contributed by atoms with van der Waals surface area (Å²) in [6, 6.07) is 14.2. The Hall–Kier alpha value is -2.97. The van der Waals surface area contributed by atoms with Crippen LogP contribution in [0.1, 0.15) is 11.1 Å². The number of aliphatic imine (C=N–C) groups is 2. The SMILES string of the molecule is COc1ccc(N2C(N3CCOCC3)=NC(N)=NC2Nc2cc(C)cc(C)c2)cc1.Cl. The van der Waals surface area contributed by atoms with Gasteiger partial charge in [0.05, 0.1) is 20.3 Å². The Kier molecular flexibility index (Phi) is 7.25. The zero-order valence-corrected chi connectivity index (χ0v) is 18.9. The van der Waals surface area contributed by atoms with Gasteiger partial charge in [0.15, 0.2) is 0 Å². The molecular formula is C22H29ClN6O2. The van der Waals surface area contributed by atoms with Gasteiger partial charge < -0.3 is 25.4 Å². The number of methoxy groups -OCH3 is 1. The van der Waals surface area contributed by atoms with Gasteiger partial charge in [0.25, 0.3) is 0 Å². The number of nitrogens with one attached hydrogen (secondary N) is 1.